The lowest BCUT2D eigenvalue weighted by atomic mass is 9.78. The standard InChI is InChI=1S/C14H21N3O3S/c1-13(19)4-7-20-14(9-13)2-5-17(6-3-14)11(18)10-8-21-12(15)16-10/h8,19H,2-7,9H2,1H3,(H2,15,16). The quantitative estimate of drug-likeness (QED) is 0.815. The van der Waals surface area contributed by atoms with Gasteiger partial charge in [-0.05, 0) is 26.2 Å². The zero-order valence-electron chi connectivity index (χ0n) is 12.2. The Bertz CT molecular complexity index is 535. The van der Waals surface area contributed by atoms with Crippen LogP contribution in [0.3, 0.4) is 0 Å². The number of aliphatic hydroxyl groups is 1. The van der Waals surface area contributed by atoms with E-state index < -0.39 is 5.60 Å². The largest absolute Gasteiger partial charge is 0.390 e. The number of nitrogen functional groups attached to an aromatic ring is 1. The molecular formula is C14H21N3O3S. The predicted octanol–water partition coefficient (Wildman–Crippen LogP) is 1.26. The van der Waals surface area contributed by atoms with Crippen molar-refractivity contribution in [2.24, 2.45) is 0 Å². The molecule has 1 unspecified atom stereocenters. The maximum atomic E-state index is 12.3. The third-order valence-electron chi connectivity index (χ3n) is 4.45. The monoisotopic (exact) mass is 311 g/mol. The maximum Gasteiger partial charge on any atom is 0.273 e. The summed E-state index contributed by atoms with van der Waals surface area (Å²) in [5.74, 6) is -0.0691. The Morgan fingerprint density at radius 2 is 2.19 bits per heavy atom. The van der Waals surface area contributed by atoms with Crippen LogP contribution < -0.4 is 5.73 Å². The van der Waals surface area contributed by atoms with Crippen molar-refractivity contribution >= 4 is 22.4 Å². The SMILES string of the molecule is CC1(O)CCOC2(CCN(C(=O)c3csc(N)n3)CC2)C1. The first-order chi connectivity index (χ1) is 9.89. The minimum absolute atomic E-state index is 0.0691. The minimum atomic E-state index is -0.659. The molecule has 6 nitrogen and oxygen atoms in total. The van der Waals surface area contributed by atoms with Gasteiger partial charge in [-0.1, -0.05) is 0 Å². The van der Waals surface area contributed by atoms with E-state index in [1.807, 2.05) is 6.92 Å². The summed E-state index contributed by atoms with van der Waals surface area (Å²) in [7, 11) is 0. The molecule has 2 aliphatic rings. The van der Waals surface area contributed by atoms with E-state index in [0.717, 1.165) is 12.8 Å². The Morgan fingerprint density at radius 3 is 2.76 bits per heavy atom. The Morgan fingerprint density at radius 1 is 1.48 bits per heavy atom. The summed E-state index contributed by atoms with van der Waals surface area (Å²) in [5, 5.41) is 12.4. The van der Waals surface area contributed by atoms with Gasteiger partial charge in [0, 0.05) is 24.9 Å². The fraction of sp³-hybridized carbons (Fsp3) is 0.714. The number of rotatable bonds is 1. The van der Waals surface area contributed by atoms with Crippen molar-refractivity contribution in [1.82, 2.24) is 9.88 Å². The van der Waals surface area contributed by atoms with Gasteiger partial charge >= 0.3 is 0 Å². The lowest BCUT2D eigenvalue weighted by molar-refractivity contribution is -0.170. The van der Waals surface area contributed by atoms with E-state index >= 15 is 0 Å². The highest BCUT2D eigenvalue weighted by atomic mass is 32.1. The molecule has 0 saturated carbocycles. The van der Waals surface area contributed by atoms with Crippen LogP contribution in [0.15, 0.2) is 5.38 Å². The number of hydrogen-bond donors (Lipinski definition) is 2. The van der Waals surface area contributed by atoms with E-state index in [0.29, 0.717) is 43.4 Å². The number of carbonyl (C=O) groups is 1. The van der Waals surface area contributed by atoms with E-state index in [-0.39, 0.29) is 11.5 Å². The number of nitrogens with two attached hydrogens (primary N) is 1. The van der Waals surface area contributed by atoms with Gasteiger partial charge in [0.1, 0.15) is 5.69 Å². The normalized spacial score (nSPS) is 28.8. The van der Waals surface area contributed by atoms with E-state index in [4.69, 9.17) is 10.5 Å². The van der Waals surface area contributed by atoms with Crippen molar-refractivity contribution in [3.63, 3.8) is 0 Å². The predicted molar refractivity (Wildman–Crippen MR) is 80.2 cm³/mol. The molecule has 0 bridgehead atoms. The van der Waals surface area contributed by atoms with E-state index in [2.05, 4.69) is 4.98 Å². The van der Waals surface area contributed by atoms with Gasteiger partial charge in [0.2, 0.25) is 0 Å². The fourth-order valence-electron chi connectivity index (χ4n) is 3.31. The summed E-state index contributed by atoms with van der Waals surface area (Å²) in [6.07, 6.45) is 2.84. The highest BCUT2D eigenvalue weighted by Crippen LogP contribution is 2.39. The number of piperidine rings is 1. The lowest BCUT2D eigenvalue weighted by Gasteiger charge is -2.48. The number of aromatic nitrogens is 1. The lowest BCUT2D eigenvalue weighted by Crippen LogP contribution is -2.54. The van der Waals surface area contributed by atoms with Crippen LogP contribution in [0.2, 0.25) is 0 Å². The van der Waals surface area contributed by atoms with Crippen molar-refractivity contribution in [2.75, 3.05) is 25.4 Å². The van der Waals surface area contributed by atoms with Crippen LogP contribution in [0, 0.1) is 0 Å². The Labute approximate surface area is 127 Å². The molecule has 21 heavy (non-hydrogen) atoms. The molecule has 1 spiro atoms. The van der Waals surface area contributed by atoms with Crippen LogP contribution in [-0.2, 0) is 4.74 Å². The second-order valence-electron chi connectivity index (χ2n) is 6.32. The summed E-state index contributed by atoms with van der Waals surface area (Å²) in [4.78, 5) is 18.2. The van der Waals surface area contributed by atoms with Gasteiger partial charge < -0.3 is 20.5 Å². The van der Waals surface area contributed by atoms with Gasteiger partial charge in [-0.15, -0.1) is 11.3 Å². The number of hydrogen-bond acceptors (Lipinski definition) is 6. The number of carbonyl (C=O) groups excluding carboxylic acids is 1. The van der Waals surface area contributed by atoms with Crippen LogP contribution in [0.4, 0.5) is 5.13 Å². The minimum Gasteiger partial charge on any atom is -0.390 e. The average Bonchev–Trinajstić information content (AvgIpc) is 2.84. The molecular weight excluding hydrogens is 290 g/mol. The van der Waals surface area contributed by atoms with Crippen LogP contribution in [0.25, 0.3) is 0 Å². The smallest absolute Gasteiger partial charge is 0.273 e. The van der Waals surface area contributed by atoms with Gasteiger partial charge in [-0.2, -0.15) is 0 Å². The molecule has 2 aliphatic heterocycles. The van der Waals surface area contributed by atoms with E-state index in [1.165, 1.54) is 11.3 Å². The van der Waals surface area contributed by atoms with Gasteiger partial charge in [-0.3, -0.25) is 4.79 Å². The fourth-order valence-corrected chi connectivity index (χ4v) is 3.84. The van der Waals surface area contributed by atoms with Crippen LogP contribution >= 0.6 is 11.3 Å². The Kier molecular flexibility index (Phi) is 3.67. The third-order valence-corrected chi connectivity index (χ3v) is 5.13. The van der Waals surface area contributed by atoms with E-state index in [1.54, 1.807) is 10.3 Å². The molecule has 0 aliphatic carbocycles. The number of likely N-dealkylation sites (tertiary alicyclic amines) is 1. The Hall–Kier alpha value is -1.18. The zero-order valence-corrected chi connectivity index (χ0v) is 13.0. The topological polar surface area (TPSA) is 88.7 Å². The van der Waals surface area contributed by atoms with E-state index in [9.17, 15) is 9.90 Å². The molecule has 3 rings (SSSR count). The number of thiazole rings is 1. The third kappa shape index (κ3) is 3.04. The summed E-state index contributed by atoms with van der Waals surface area (Å²) in [6, 6.07) is 0. The first-order valence-electron chi connectivity index (χ1n) is 7.26. The van der Waals surface area contributed by atoms with Gasteiger partial charge in [0.05, 0.1) is 17.8 Å². The molecule has 1 aromatic rings. The number of amides is 1. The highest BCUT2D eigenvalue weighted by Gasteiger charge is 2.45. The molecule has 0 radical (unpaired) electrons. The number of anilines is 1. The van der Waals surface area contributed by atoms with Crippen LogP contribution in [-0.4, -0.2) is 51.8 Å². The molecule has 1 amide bonds. The van der Waals surface area contributed by atoms with Crippen molar-refractivity contribution in [3.05, 3.63) is 11.1 Å². The second kappa shape index (κ2) is 5.23. The molecule has 3 heterocycles. The molecule has 7 heteroatoms. The Balaban J connectivity index is 1.64. The summed E-state index contributed by atoms with van der Waals surface area (Å²) < 4.78 is 5.95. The molecule has 2 fully saturated rings. The molecule has 0 aromatic carbocycles. The first kappa shape index (κ1) is 14.7. The van der Waals surface area contributed by atoms with Crippen molar-refractivity contribution in [3.8, 4) is 0 Å². The zero-order chi connectivity index (χ0) is 15.1. The second-order valence-corrected chi connectivity index (χ2v) is 7.21. The maximum absolute atomic E-state index is 12.3. The highest BCUT2D eigenvalue weighted by molar-refractivity contribution is 7.13. The number of nitrogens with zero attached hydrogens (tertiary/aromatic N) is 2. The van der Waals surface area contributed by atoms with Crippen molar-refractivity contribution in [1.29, 1.82) is 0 Å². The summed E-state index contributed by atoms with van der Waals surface area (Å²) in [5.41, 5.74) is 5.06. The van der Waals surface area contributed by atoms with Crippen molar-refractivity contribution < 1.29 is 14.6 Å². The molecule has 116 valence electrons. The number of ether oxygens (including phenoxy) is 1. The van der Waals surface area contributed by atoms with Gasteiger partial charge in [0.25, 0.3) is 5.91 Å². The van der Waals surface area contributed by atoms with Crippen LogP contribution in [0.1, 0.15) is 43.1 Å². The summed E-state index contributed by atoms with van der Waals surface area (Å²) >= 11 is 1.28. The molecule has 2 saturated heterocycles. The molecule has 1 atom stereocenters. The first-order valence-corrected chi connectivity index (χ1v) is 8.14. The summed E-state index contributed by atoms with van der Waals surface area (Å²) in [6.45, 7) is 3.72. The van der Waals surface area contributed by atoms with Gasteiger partial charge in [0.15, 0.2) is 5.13 Å². The molecule has 1 aromatic heterocycles. The van der Waals surface area contributed by atoms with Crippen molar-refractivity contribution in [2.45, 2.75) is 43.8 Å². The average molecular weight is 311 g/mol. The van der Waals surface area contributed by atoms with Crippen LogP contribution in [0.5, 0.6) is 0 Å². The molecule has 3 N–H and O–H groups in total. The van der Waals surface area contributed by atoms with Gasteiger partial charge in [-0.25, -0.2) is 4.98 Å².